The lowest BCUT2D eigenvalue weighted by molar-refractivity contribution is 0.798. The summed E-state index contributed by atoms with van der Waals surface area (Å²) in [5.74, 6) is 3.17. The Kier molecular flexibility index (Phi) is 1.98. The second-order valence-electron chi connectivity index (χ2n) is 4.95. The minimum atomic E-state index is 0.984. The van der Waals surface area contributed by atoms with Crippen molar-refractivity contribution < 1.29 is 0 Å². The third-order valence-electron chi connectivity index (χ3n) is 3.82. The number of aromatic nitrogens is 1. The van der Waals surface area contributed by atoms with E-state index in [4.69, 9.17) is 4.98 Å². The molecule has 2 atom stereocenters. The van der Waals surface area contributed by atoms with E-state index in [0.717, 1.165) is 18.3 Å². The van der Waals surface area contributed by atoms with E-state index in [-0.39, 0.29) is 0 Å². The number of nitrogens with zero attached hydrogens (tertiary/aromatic N) is 2. The zero-order valence-corrected chi connectivity index (χ0v) is 9.53. The average Bonchev–Trinajstić information content (AvgIpc) is 2.86. The fourth-order valence-electron chi connectivity index (χ4n) is 2.68. The summed E-state index contributed by atoms with van der Waals surface area (Å²) in [6.07, 6.45) is 2.50. The fourth-order valence-corrected chi connectivity index (χ4v) is 2.68. The van der Waals surface area contributed by atoms with Crippen LogP contribution in [0.4, 0.5) is 5.82 Å². The summed E-state index contributed by atoms with van der Waals surface area (Å²) in [5.41, 5.74) is 2.58. The number of anilines is 1. The summed E-state index contributed by atoms with van der Waals surface area (Å²) in [4.78, 5) is 7.21. The predicted octanol–water partition coefficient (Wildman–Crippen LogP) is 2.41. The summed E-state index contributed by atoms with van der Waals surface area (Å²) in [6.45, 7) is 6.81. The minimum Gasteiger partial charge on any atom is -0.356 e. The molecule has 1 aromatic rings. The molecule has 1 aliphatic carbocycles. The Hall–Kier alpha value is -1.05. The molecule has 1 aromatic heterocycles. The Morgan fingerprint density at radius 3 is 2.73 bits per heavy atom. The molecule has 0 spiro atoms. The van der Waals surface area contributed by atoms with Gasteiger partial charge in [-0.1, -0.05) is 13.0 Å². The molecule has 1 saturated carbocycles. The van der Waals surface area contributed by atoms with E-state index in [1.165, 1.54) is 36.6 Å². The van der Waals surface area contributed by atoms with E-state index in [1.54, 1.807) is 0 Å². The first-order chi connectivity index (χ1) is 7.28. The molecule has 2 nitrogen and oxygen atoms in total. The number of hydrogen-bond donors (Lipinski definition) is 0. The van der Waals surface area contributed by atoms with Gasteiger partial charge in [-0.15, -0.1) is 0 Å². The van der Waals surface area contributed by atoms with Crippen molar-refractivity contribution in [3.63, 3.8) is 0 Å². The maximum absolute atomic E-state index is 4.75. The fraction of sp³-hybridized carbons (Fsp3) is 0.615. The Balaban J connectivity index is 1.85. The van der Waals surface area contributed by atoms with E-state index in [0.29, 0.717) is 0 Å². The predicted molar refractivity (Wildman–Crippen MR) is 62.2 cm³/mol. The number of pyridine rings is 1. The van der Waals surface area contributed by atoms with Gasteiger partial charge >= 0.3 is 0 Å². The van der Waals surface area contributed by atoms with E-state index in [1.807, 2.05) is 0 Å². The summed E-state index contributed by atoms with van der Waals surface area (Å²) >= 11 is 0. The largest absolute Gasteiger partial charge is 0.356 e. The molecule has 0 bridgehead atoms. The smallest absolute Gasteiger partial charge is 0.128 e. The maximum Gasteiger partial charge on any atom is 0.128 e. The van der Waals surface area contributed by atoms with Gasteiger partial charge in [0.25, 0.3) is 0 Å². The van der Waals surface area contributed by atoms with Crippen LogP contribution in [0.1, 0.15) is 24.6 Å². The molecule has 2 unspecified atom stereocenters. The third kappa shape index (κ3) is 1.52. The first-order valence-electron chi connectivity index (χ1n) is 5.99. The van der Waals surface area contributed by atoms with Gasteiger partial charge in [0.2, 0.25) is 0 Å². The number of fused-ring (bicyclic) bond motifs is 1. The molecular formula is C13H18N2. The number of hydrogen-bond acceptors (Lipinski definition) is 2. The van der Waals surface area contributed by atoms with Crippen LogP contribution >= 0.6 is 0 Å². The van der Waals surface area contributed by atoms with Crippen molar-refractivity contribution in [1.82, 2.24) is 4.98 Å². The molecule has 2 heterocycles. The molecule has 80 valence electrons. The molecular weight excluding hydrogens is 184 g/mol. The second-order valence-corrected chi connectivity index (χ2v) is 4.95. The Bertz CT molecular complexity index is 376. The van der Waals surface area contributed by atoms with Crippen LogP contribution in [0.25, 0.3) is 0 Å². The molecule has 0 aromatic carbocycles. The first-order valence-corrected chi connectivity index (χ1v) is 5.99. The number of piperidine rings is 1. The summed E-state index contributed by atoms with van der Waals surface area (Å²) in [7, 11) is 0. The highest BCUT2D eigenvalue weighted by Crippen LogP contribution is 2.45. The SMILES string of the molecule is CCc1nc(N2CC3CC3C2)ccc1C. The summed E-state index contributed by atoms with van der Waals surface area (Å²) in [5, 5.41) is 0. The second kappa shape index (κ2) is 3.22. The monoisotopic (exact) mass is 202 g/mol. The van der Waals surface area contributed by atoms with Crippen molar-refractivity contribution in [1.29, 1.82) is 0 Å². The maximum atomic E-state index is 4.75. The number of aryl methyl sites for hydroxylation is 2. The molecule has 0 amide bonds. The van der Waals surface area contributed by atoms with Crippen LogP contribution < -0.4 is 4.90 Å². The third-order valence-corrected chi connectivity index (χ3v) is 3.82. The normalized spacial score (nSPS) is 28.0. The topological polar surface area (TPSA) is 16.1 Å². The highest BCUT2D eigenvalue weighted by Gasteiger charge is 2.45. The Labute approximate surface area is 91.3 Å². The molecule has 1 aliphatic heterocycles. The van der Waals surface area contributed by atoms with Gasteiger partial charge < -0.3 is 4.90 Å². The van der Waals surface area contributed by atoms with Gasteiger partial charge in [-0.05, 0) is 43.2 Å². The van der Waals surface area contributed by atoms with E-state index in [9.17, 15) is 0 Å². The minimum absolute atomic E-state index is 0.984. The van der Waals surface area contributed by atoms with Crippen molar-refractivity contribution in [2.24, 2.45) is 11.8 Å². The van der Waals surface area contributed by atoms with Gasteiger partial charge in [0.1, 0.15) is 5.82 Å². The van der Waals surface area contributed by atoms with Crippen molar-refractivity contribution in [2.75, 3.05) is 18.0 Å². The standard InChI is InChI=1S/C13H18N2/c1-3-12-9(2)4-5-13(14-12)15-7-10-6-11(10)8-15/h4-5,10-11H,3,6-8H2,1-2H3. The van der Waals surface area contributed by atoms with Crippen LogP contribution in [0.3, 0.4) is 0 Å². The van der Waals surface area contributed by atoms with Gasteiger partial charge in [0.05, 0.1) is 0 Å². The van der Waals surface area contributed by atoms with Gasteiger partial charge in [-0.2, -0.15) is 0 Å². The molecule has 2 heteroatoms. The van der Waals surface area contributed by atoms with Crippen LogP contribution in [0, 0.1) is 18.8 Å². The van der Waals surface area contributed by atoms with Crippen LogP contribution in [0.2, 0.25) is 0 Å². The summed E-state index contributed by atoms with van der Waals surface area (Å²) in [6, 6.07) is 4.39. The molecule has 15 heavy (non-hydrogen) atoms. The van der Waals surface area contributed by atoms with Gasteiger partial charge in [-0.25, -0.2) is 4.98 Å². The molecule has 2 aliphatic rings. The summed E-state index contributed by atoms with van der Waals surface area (Å²) < 4.78 is 0. The zero-order chi connectivity index (χ0) is 10.4. The lowest BCUT2D eigenvalue weighted by Crippen LogP contribution is -2.23. The van der Waals surface area contributed by atoms with Crippen molar-refractivity contribution in [3.05, 3.63) is 23.4 Å². The molecule has 2 fully saturated rings. The molecule has 0 radical (unpaired) electrons. The Morgan fingerprint density at radius 2 is 2.07 bits per heavy atom. The van der Waals surface area contributed by atoms with E-state index in [2.05, 4.69) is 30.9 Å². The van der Waals surface area contributed by atoms with Gasteiger partial charge in [-0.3, -0.25) is 0 Å². The van der Waals surface area contributed by atoms with Crippen LogP contribution in [-0.4, -0.2) is 18.1 Å². The first kappa shape index (κ1) is 9.20. The van der Waals surface area contributed by atoms with Crippen molar-refractivity contribution in [2.45, 2.75) is 26.7 Å². The lowest BCUT2D eigenvalue weighted by atomic mass is 10.2. The van der Waals surface area contributed by atoms with Gasteiger partial charge in [0, 0.05) is 18.8 Å². The van der Waals surface area contributed by atoms with Crippen LogP contribution in [-0.2, 0) is 6.42 Å². The van der Waals surface area contributed by atoms with E-state index >= 15 is 0 Å². The van der Waals surface area contributed by atoms with Gasteiger partial charge in [0.15, 0.2) is 0 Å². The highest BCUT2D eigenvalue weighted by atomic mass is 15.2. The van der Waals surface area contributed by atoms with Crippen LogP contribution in [0.15, 0.2) is 12.1 Å². The average molecular weight is 202 g/mol. The van der Waals surface area contributed by atoms with Crippen LogP contribution in [0.5, 0.6) is 0 Å². The molecule has 0 N–H and O–H groups in total. The molecule has 1 saturated heterocycles. The highest BCUT2D eigenvalue weighted by molar-refractivity contribution is 5.44. The zero-order valence-electron chi connectivity index (χ0n) is 9.53. The quantitative estimate of drug-likeness (QED) is 0.732. The molecule has 3 rings (SSSR count). The number of rotatable bonds is 2. The van der Waals surface area contributed by atoms with Crippen molar-refractivity contribution >= 4 is 5.82 Å². The van der Waals surface area contributed by atoms with E-state index < -0.39 is 0 Å². The lowest BCUT2D eigenvalue weighted by Gasteiger charge is -2.20. The van der Waals surface area contributed by atoms with Crippen molar-refractivity contribution in [3.8, 4) is 0 Å². The Morgan fingerprint density at radius 1 is 1.33 bits per heavy atom.